The van der Waals surface area contributed by atoms with Gasteiger partial charge in [-0.25, -0.2) is 0 Å². The Bertz CT molecular complexity index is 627. The van der Waals surface area contributed by atoms with Crippen molar-refractivity contribution in [2.75, 3.05) is 33.8 Å². The molecule has 1 saturated heterocycles. The lowest BCUT2D eigenvalue weighted by atomic mass is 10.1. The molecule has 1 fully saturated rings. The molecule has 1 N–H and O–H groups in total. The van der Waals surface area contributed by atoms with Gasteiger partial charge in [-0.1, -0.05) is 64.7 Å². The maximum atomic E-state index is 12.2. The summed E-state index contributed by atoms with van der Waals surface area (Å²) in [6.45, 7) is 5.76. The van der Waals surface area contributed by atoms with E-state index in [2.05, 4.69) is 6.92 Å². The Morgan fingerprint density at radius 2 is 1.53 bits per heavy atom. The summed E-state index contributed by atoms with van der Waals surface area (Å²) in [5, 5.41) is 9.57. The summed E-state index contributed by atoms with van der Waals surface area (Å²) < 4.78 is 10.9. The fraction of sp³-hybridized carbons (Fsp3) is 0.893. The van der Waals surface area contributed by atoms with Gasteiger partial charge in [0.25, 0.3) is 0 Å². The normalized spacial score (nSPS) is 18.9. The van der Waals surface area contributed by atoms with Crippen molar-refractivity contribution in [1.82, 2.24) is 9.80 Å². The summed E-state index contributed by atoms with van der Waals surface area (Å²) in [5.74, 6) is -1.30. The zero-order valence-corrected chi connectivity index (χ0v) is 23.3. The van der Waals surface area contributed by atoms with E-state index in [-0.39, 0.29) is 30.5 Å². The van der Waals surface area contributed by atoms with Gasteiger partial charge in [-0.05, 0) is 46.8 Å². The highest BCUT2D eigenvalue weighted by atomic mass is 16.5. The van der Waals surface area contributed by atoms with E-state index in [9.17, 15) is 19.5 Å². The molecular formula is C28H52N2O6. The van der Waals surface area contributed by atoms with Crippen LogP contribution in [-0.2, 0) is 23.9 Å². The van der Waals surface area contributed by atoms with Gasteiger partial charge >= 0.3 is 17.9 Å². The average molecular weight is 513 g/mol. The lowest BCUT2D eigenvalue weighted by molar-refractivity contribution is -0.150. The van der Waals surface area contributed by atoms with E-state index < -0.39 is 12.0 Å². The molecule has 0 radical (unpaired) electrons. The van der Waals surface area contributed by atoms with Crippen molar-refractivity contribution >= 4 is 17.9 Å². The van der Waals surface area contributed by atoms with Gasteiger partial charge in [0.05, 0.1) is 13.0 Å². The van der Waals surface area contributed by atoms with E-state index in [4.69, 9.17) is 9.47 Å². The summed E-state index contributed by atoms with van der Waals surface area (Å²) in [6, 6.07) is -0.558. The predicted molar refractivity (Wildman–Crippen MR) is 142 cm³/mol. The molecule has 0 aliphatic carbocycles. The first-order chi connectivity index (χ1) is 17.2. The molecule has 0 saturated carbocycles. The van der Waals surface area contributed by atoms with Crippen LogP contribution in [0, 0.1) is 0 Å². The van der Waals surface area contributed by atoms with Crippen LogP contribution in [0.2, 0.25) is 0 Å². The van der Waals surface area contributed by atoms with E-state index >= 15 is 0 Å². The van der Waals surface area contributed by atoms with Gasteiger partial charge in [-0.3, -0.25) is 19.3 Å². The van der Waals surface area contributed by atoms with Gasteiger partial charge in [-0.2, -0.15) is 0 Å². The smallest absolute Gasteiger partial charge is 0.321 e. The van der Waals surface area contributed by atoms with Crippen molar-refractivity contribution < 1.29 is 29.0 Å². The number of hydrogen-bond acceptors (Lipinski definition) is 7. The Kier molecular flexibility index (Phi) is 17.5. The number of carbonyl (C=O) groups excluding carboxylic acids is 2. The molecule has 210 valence electrons. The molecule has 0 amide bonds. The van der Waals surface area contributed by atoms with Gasteiger partial charge in [0, 0.05) is 25.4 Å². The molecule has 0 bridgehead atoms. The summed E-state index contributed by atoms with van der Waals surface area (Å²) >= 11 is 0. The van der Waals surface area contributed by atoms with Gasteiger partial charge in [0.2, 0.25) is 0 Å². The topological polar surface area (TPSA) is 96.4 Å². The number of hydrogen-bond donors (Lipinski definition) is 1. The molecule has 36 heavy (non-hydrogen) atoms. The maximum Gasteiger partial charge on any atom is 0.321 e. The van der Waals surface area contributed by atoms with E-state index in [0.29, 0.717) is 32.5 Å². The van der Waals surface area contributed by atoms with Crippen LogP contribution in [0.1, 0.15) is 110 Å². The summed E-state index contributed by atoms with van der Waals surface area (Å²) in [5.41, 5.74) is 0. The first-order valence-corrected chi connectivity index (χ1v) is 14.2. The first-order valence-electron chi connectivity index (χ1n) is 14.2. The van der Waals surface area contributed by atoms with Gasteiger partial charge in [0.15, 0.2) is 0 Å². The highest BCUT2D eigenvalue weighted by Crippen LogP contribution is 2.22. The fourth-order valence-corrected chi connectivity index (χ4v) is 4.54. The van der Waals surface area contributed by atoms with Crippen LogP contribution in [0.15, 0.2) is 0 Å². The number of likely N-dealkylation sites (tertiary alicyclic amines) is 1. The molecule has 1 rings (SSSR count). The molecule has 8 heteroatoms. The molecule has 0 spiro atoms. The third-order valence-electron chi connectivity index (χ3n) is 7.13. The molecule has 2 unspecified atom stereocenters. The van der Waals surface area contributed by atoms with Crippen LogP contribution in [0.4, 0.5) is 0 Å². The summed E-state index contributed by atoms with van der Waals surface area (Å²) in [4.78, 5) is 39.6. The molecule has 0 aromatic rings. The standard InChI is InChI=1S/C28H52N2O6/c1-5-6-7-8-9-10-11-12-16-19-35-26(31)17-14-13-15-18-30-22-24(21-25(30)28(33)34)36-27(32)20-23(2)29(3)4/h23-25H,5-22H2,1-4H3,(H,33,34)/t23?,24?,25-/m0/s1. The van der Waals surface area contributed by atoms with E-state index in [1.807, 2.05) is 30.8 Å². The third-order valence-corrected chi connectivity index (χ3v) is 7.13. The molecule has 0 aromatic carbocycles. The van der Waals surface area contributed by atoms with Crippen molar-refractivity contribution in [2.45, 2.75) is 128 Å². The largest absolute Gasteiger partial charge is 0.480 e. The highest BCUT2D eigenvalue weighted by molar-refractivity contribution is 5.74. The van der Waals surface area contributed by atoms with Crippen molar-refractivity contribution in [3.63, 3.8) is 0 Å². The lowest BCUT2D eigenvalue weighted by Gasteiger charge is -2.21. The Balaban J connectivity index is 2.12. The number of aliphatic carboxylic acids is 1. The predicted octanol–water partition coefficient (Wildman–Crippen LogP) is 5.03. The number of unbranched alkanes of at least 4 members (excludes halogenated alkanes) is 10. The monoisotopic (exact) mass is 512 g/mol. The number of rotatable bonds is 21. The van der Waals surface area contributed by atoms with Crippen molar-refractivity contribution in [2.24, 2.45) is 0 Å². The Hall–Kier alpha value is -1.67. The van der Waals surface area contributed by atoms with Gasteiger partial charge < -0.3 is 19.5 Å². The second kappa shape index (κ2) is 19.4. The van der Waals surface area contributed by atoms with Crippen LogP contribution in [0.5, 0.6) is 0 Å². The highest BCUT2D eigenvalue weighted by Gasteiger charge is 2.38. The zero-order valence-electron chi connectivity index (χ0n) is 23.3. The molecule has 1 aliphatic heterocycles. The maximum absolute atomic E-state index is 12.2. The number of carboxylic acid groups (broad SMARTS) is 1. The fourth-order valence-electron chi connectivity index (χ4n) is 4.54. The summed E-state index contributed by atoms with van der Waals surface area (Å²) in [7, 11) is 3.82. The number of carboxylic acids is 1. The van der Waals surface area contributed by atoms with Crippen molar-refractivity contribution in [3.8, 4) is 0 Å². The number of nitrogens with zero attached hydrogens (tertiary/aromatic N) is 2. The minimum atomic E-state index is -0.879. The average Bonchev–Trinajstić information content (AvgIpc) is 3.22. The van der Waals surface area contributed by atoms with E-state index in [1.54, 1.807) is 0 Å². The molecule has 8 nitrogen and oxygen atoms in total. The number of carbonyl (C=O) groups is 3. The minimum Gasteiger partial charge on any atom is -0.480 e. The molecule has 3 atom stereocenters. The number of ether oxygens (including phenoxy) is 2. The second-order valence-electron chi connectivity index (χ2n) is 10.6. The second-order valence-corrected chi connectivity index (χ2v) is 10.6. The van der Waals surface area contributed by atoms with Crippen molar-refractivity contribution in [3.05, 3.63) is 0 Å². The first kappa shape index (κ1) is 32.4. The third kappa shape index (κ3) is 14.8. The SMILES string of the molecule is CCCCCCCCCCCOC(=O)CCCCCN1CC(OC(=O)CC(C)N(C)C)C[C@H]1C(=O)O. The Morgan fingerprint density at radius 3 is 2.14 bits per heavy atom. The van der Waals surface area contributed by atoms with Gasteiger partial charge in [-0.15, -0.1) is 0 Å². The Labute approximate surface area is 219 Å². The molecule has 1 heterocycles. The van der Waals surface area contributed by atoms with Crippen molar-refractivity contribution in [1.29, 1.82) is 0 Å². The minimum absolute atomic E-state index is 0.0714. The quantitative estimate of drug-likeness (QED) is 0.169. The van der Waals surface area contributed by atoms with Crippen LogP contribution in [0.3, 0.4) is 0 Å². The lowest BCUT2D eigenvalue weighted by Crippen LogP contribution is -2.36. The van der Waals surface area contributed by atoms with Crippen LogP contribution < -0.4 is 0 Å². The number of esters is 2. The molecular weight excluding hydrogens is 460 g/mol. The zero-order chi connectivity index (χ0) is 26.8. The molecule has 0 aromatic heterocycles. The van der Waals surface area contributed by atoms with Crippen LogP contribution in [-0.4, -0.2) is 84.8 Å². The van der Waals surface area contributed by atoms with Crippen LogP contribution in [0.25, 0.3) is 0 Å². The van der Waals surface area contributed by atoms with E-state index in [1.165, 1.54) is 44.9 Å². The summed E-state index contributed by atoms with van der Waals surface area (Å²) in [6.07, 6.45) is 14.2. The molecule has 1 aliphatic rings. The van der Waals surface area contributed by atoms with Gasteiger partial charge in [0.1, 0.15) is 12.1 Å². The Morgan fingerprint density at radius 1 is 0.917 bits per heavy atom. The van der Waals surface area contributed by atoms with Crippen LogP contribution >= 0.6 is 0 Å². The van der Waals surface area contributed by atoms with E-state index in [0.717, 1.165) is 32.1 Å².